The van der Waals surface area contributed by atoms with Crippen molar-refractivity contribution in [2.45, 2.75) is 10.2 Å². The van der Waals surface area contributed by atoms with Gasteiger partial charge in [0.15, 0.2) is 5.16 Å². The second-order valence-corrected chi connectivity index (χ2v) is 5.15. The van der Waals surface area contributed by atoms with Gasteiger partial charge >= 0.3 is 0 Å². The van der Waals surface area contributed by atoms with E-state index in [-0.39, 0.29) is 0 Å². The molecule has 0 aliphatic heterocycles. The van der Waals surface area contributed by atoms with Gasteiger partial charge < -0.3 is 5.73 Å². The fourth-order valence-electron chi connectivity index (χ4n) is 1.32. The number of benzene rings is 1. The number of nitrogen functional groups attached to an aromatic ring is 1. The van der Waals surface area contributed by atoms with Crippen LogP contribution in [-0.2, 0) is 0 Å². The maximum atomic E-state index is 5.72. The van der Waals surface area contributed by atoms with Gasteiger partial charge in [-0.15, -0.1) is 11.8 Å². The predicted octanol–water partition coefficient (Wildman–Crippen LogP) is 3.54. The third-order valence-corrected chi connectivity index (χ3v) is 3.44. The van der Waals surface area contributed by atoms with Crippen LogP contribution in [0.15, 0.2) is 52.0 Å². The standard InChI is InChI=1S/C13H13N3S2/c1-17-12-9-11(14)15-13(16-12)18-8-7-10-5-3-2-4-6-10/h2-9H,1H3,(H2,14,15,16)/b8-7-. The summed E-state index contributed by atoms with van der Waals surface area (Å²) < 4.78 is 0. The molecule has 2 N–H and O–H groups in total. The van der Waals surface area contributed by atoms with Crippen LogP contribution >= 0.6 is 23.5 Å². The lowest BCUT2D eigenvalue weighted by molar-refractivity contribution is 0.904. The Balaban J connectivity index is 2.06. The summed E-state index contributed by atoms with van der Waals surface area (Å²) in [5, 5.41) is 3.53. The van der Waals surface area contributed by atoms with Gasteiger partial charge in [-0.1, -0.05) is 42.1 Å². The van der Waals surface area contributed by atoms with Crippen LogP contribution in [-0.4, -0.2) is 16.2 Å². The summed E-state index contributed by atoms with van der Waals surface area (Å²) in [5.41, 5.74) is 6.87. The number of anilines is 1. The van der Waals surface area contributed by atoms with Crippen molar-refractivity contribution in [2.24, 2.45) is 0 Å². The lowest BCUT2D eigenvalue weighted by Gasteiger charge is -2.00. The van der Waals surface area contributed by atoms with Crippen LogP contribution in [0, 0.1) is 0 Å². The van der Waals surface area contributed by atoms with Gasteiger partial charge in [-0.2, -0.15) is 0 Å². The summed E-state index contributed by atoms with van der Waals surface area (Å²) in [5.74, 6) is 0.505. The SMILES string of the molecule is CSc1cc(N)nc(S/C=C\c2ccccc2)n1. The Morgan fingerprint density at radius 2 is 1.94 bits per heavy atom. The average molecular weight is 275 g/mol. The zero-order valence-electron chi connectivity index (χ0n) is 9.91. The number of hydrogen-bond acceptors (Lipinski definition) is 5. The molecule has 92 valence electrons. The van der Waals surface area contributed by atoms with Crippen LogP contribution in [0.4, 0.5) is 5.82 Å². The van der Waals surface area contributed by atoms with Gasteiger partial charge in [0.1, 0.15) is 10.8 Å². The lowest BCUT2D eigenvalue weighted by Crippen LogP contribution is -1.94. The molecule has 0 amide bonds. The van der Waals surface area contributed by atoms with Gasteiger partial charge in [0, 0.05) is 6.07 Å². The molecule has 3 nitrogen and oxygen atoms in total. The molecule has 0 radical (unpaired) electrons. The molecule has 0 unspecified atom stereocenters. The van der Waals surface area contributed by atoms with Crippen LogP contribution in [0.1, 0.15) is 5.56 Å². The largest absolute Gasteiger partial charge is 0.384 e. The van der Waals surface area contributed by atoms with Crippen LogP contribution in [0.25, 0.3) is 6.08 Å². The van der Waals surface area contributed by atoms with E-state index < -0.39 is 0 Å². The van der Waals surface area contributed by atoms with Gasteiger partial charge in [-0.05, 0) is 23.3 Å². The van der Waals surface area contributed by atoms with E-state index in [2.05, 4.69) is 9.97 Å². The molecule has 18 heavy (non-hydrogen) atoms. The average Bonchev–Trinajstić information content (AvgIpc) is 2.39. The Hall–Kier alpha value is -1.46. The molecule has 0 atom stereocenters. The van der Waals surface area contributed by atoms with E-state index in [0.29, 0.717) is 11.0 Å². The molecule has 0 spiro atoms. The van der Waals surface area contributed by atoms with E-state index >= 15 is 0 Å². The number of rotatable bonds is 4. The minimum Gasteiger partial charge on any atom is -0.384 e. The normalized spacial score (nSPS) is 10.9. The number of hydrogen-bond donors (Lipinski definition) is 1. The molecule has 0 aliphatic rings. The predicted molar refractivity (Wildman–Crippen MR) is 79.6 cm³/mol. The monoisotopic (exact) mass is 275 g/mol. The fraction of sp³-hybridized carbons (Fsp3) is 0.0769. The van der Waals surface area contributed by atoms with Crippen LogP contribution in [0.5, 0.6) is 0 Å². The highest BCUT2D eigenvalue weighted by Crippen LogP contribution is 2.21. The summed E-state index contributed by atoms with van der Waals surface area (Å²) in [6, 6.07) is 11.9. The molecule has 1 aromatic carbocycles. The Kier molecular flexibility index (Phi) is 4.66. The lowest BCUT2D eigenvalue weighted by atomic mass is 10.2. The summed E-state index contributed by atoms with van der Waals surface area (Å²) in [6.07, 6.45) is 3.99. The molecule has 2 aromatic rings. The zero-order chi connectivity index (χ0) is 12.8. The third kappa shape index (κ3) is 3.78. The first kappa shape index (κ1) is 13.0. The molecular weight excluding hydrogens is 262 g/mol. The summed E-state index contributed by atoms with van der Waals surface area (Å²) in [7, 11) is 0. The van der Waals surface area contributed by atoms with Crippen LogP contribution < -0.4 is 5.73 Å². The van der Waals surface area contributed by atoms with Crippen molar-refractivity contribution in [3.8, 4) is 0 Å². The molecule has 1 aromatic heterocycles. The van der Waals surface area contributed by atoms with Crippen molar-refractivity contribution >= 4 is 35.4 Å². The molecule has 0 saturated heterocycles. The van der Waals surface area contributed by atoms with E-state index in [0.717, 1.165) is 10.6 Å². The first-order chi connectivity index (χ1) is 8.78. The van der Waals surface area contributed by atoms with E-state index in [1.807, 2.05) is 48.1 Å². The minimum absolute atomic E-state index is 0.505. The minimum atomic E-state index is 0.505. The highest BCUT2D eigenvalue weighted by Gasteiger charge is 2.00. The number of aromatic nitrogens is 2. The van der Waals surface area contributed by atoms with Crippen molar-refractivity contribution in [3.05, 3.63) is 47.4 Å². The van der Waals surface area contributed by atoms with Crippen LogP contribution in [0.3, 0.4) is 0 Å². The number of thioether (sulfide) groups is 2. The van der Waals surface area contributed by atoms with Gasteiger partial charge in [-0.25, -0.2) is 9.97 Å². The topological polar surface area (TPSA) is 51.8 Å². The second-order valence-electron chi connectivity index (χ2n) is 3.45. The molecule has 0 aliphatic carbocycles. The smallest absolute Gasteiger partial charge is 0.194 e. The molecular formula is C13H13N3S2. The molecule has 2 rings (SSSR count). The highest BCUT2D eigenvalue weighted by molar-refractivity contribution is 8.02. The Morgan fingerprint density at radius 1 is 1.17 bits per heavy atom. The van der Waals surface area contributed by atoms with Crippen molar-refractivity contribution in [1.82, 2.24) is 9.97 Å². The quantitative estimate of drug-likeness (QED) is 0.525. The van der Waals surface area contributed by atoms with Crippen molar-refractivity contribution in [2.75, 3.05) is 12.0 Å². The maximum absolute atomic E-state index is 5.72. The van der Waals surface area contributed by atoms with Gasteiger partial charge in [-0.3, -0.25) is 0 Å². The van der Waals surface area contributed by atoms with E-state index in [1.54, 1.807) is 17.8 Å². The molecule has 1 heterocycles. The summed E-state index contributed by atoms with van der Waals surface area (Å²) >= 11 is 3.02. The van der Waals surface area contributed by atoms with Gasteiger partial charge in [0.25, 0.3) is 0 Å². The third-order valence-electron chi connectivity index (χ3n) is 2.14. The first-order valence-electron chi connectivity index (χ1n) is 5.35. The molecule has 0 saturated carbocycles. The number of nitrogens with zero attached hydrogens (tertiary/aromatic N) is 2. The second kappa shape index (κ2) is 6.47. The molecule has 0 bridgehead atoms. The summed E-state index contributed by atoms with van der Waals surface area (Å²) in [6.45, 7) is 0. The first-order valence-corrected chi connectivity index (χ1v) is 7.45. The Bertz CT molecular complexity index is 541. The molecule has 5 heteroatoms. The maximum Gasteiger partial charge on any atom is 0.194 e. The van der Waals surface area contributed by atoms with E-state index in [9.17, 15) is 0 Å². The van der Waals surface area contributed by atoms with E-state index in [1.165, 1.54) is 11.8 Å². The zero-order valence-corrected chi connectivity index (χ0v) is 11.5. The van der Waals surface area contributed by atoms with Gasteiger partial charge in [0.2, 0.25) is 0 Å². The summed E-state index contributed by atoms with van der Waals surface area (Å²) in [4.78, 5) is 8.54. The fourth-order valence-corrected chi connectivity index (χ4v) is 2.45. The van der Waals surface area contributed by atoms with E-state index in [4.69, 9.17) is 5.73 Å². The van der Waals surface area contributed by atoms with Gasteiger partial charge in [0.05, 0.1) is 0 Å². The Morgan fingerprint density at radius 3 is 2.67 bits per heavy atom. The van der Waals surface area contributed by atoms with Crippen molar-refractivity contribution in [3.63, 3.8) is 0 Å². The van der Waals surface area contributed by atoms with Crippen molar-refractivity contribution < 1.29 is 0 Å². The Labute approximate surface area is 115 Å². The highest BCUT2D eigenvalue weighted by atomic mass is 32.2. The van der Waals surface area contributed by atoms with Crippen LogP contribution in [0.2, 0.25) is 0 Å². The molecule has 0 fully saturated rings. The van der Waals surface area contributed by atoms with Crippen molar-refractivity contribution in [1.29, 1.82) is 0 Å². The number of nitrogens with two attached hydrogens (primary N) is 1.